The van der Waals surface area contributed by atoms with Gasteiger partial charge in [0.05, 0.1) is 9.82 Å². The molecule has 1 aromatic rings. The first-order valence-electron chi connectivity index (χ1n) is 11.5. The molecule has 1 N–H and O–H groups in total. The Kier molecular flexibility index (Phi) is 10.2. The number of sulfonamides is 1. The number of carbonyl (C=O) groups excluding carboxylic acids is 1. The summed E-state index contributed by atoms with van der Waals surface area (Å²) in [4.78, 5) is 28.5. The van der Waals surface area contributed by atoms with Crippen LogP contribution in [0.1, 0.15) is 33.6 Å². The summed E-state index contributed by atoms with van der Waals surface area (Å²) >= 11 is 0. The Morgan fingerprint density at radius 2 is 1.62 bits per heavy atom. The summed E-state index contributed by atoms with van der Waals surface area (Å²) in [6.07, 6.45) is 1.24. The van der Waals surface area contributed by atoms with Gasteiger partial charge in [0.25, 0.3) is 5.69 Å². The zero-order valence-corrected chi connectivity index (χ0v) is 21.3. The predicted molar refractivity (Wildman–Crippen MR) is 129 cm³/mol. The van der Waals surface area contributed by atoms with Crippen LogP contribution in [0, 0.1) is 10.1 Å². The summed E-state index contributed by atoms with van der Waals surface area (Å²) in [7, 11) is -1.93. The van der Waals surface area contributed by atoms with Gasteiger partial charge in [0.1, 0.15) is 5.60 Å². The number of amides is 1. The number of piperazine rings is 1. The first kappa shape index (κ1) is 28.0. The van der Waals surface area contributed by atoms with Crippen LogP contribution in [0.5, 0.6) is 0 Å². The average molecular weight is 500 g/mol. The number of hydrogen-bond donors (Lipinski definition) is 1. The van der Waals surface area contributed by atoms with Gasteiger partial charge in [0, 0.05) is 58.4 Å². The van der Waals surface area contributed by atoms with Crippen LogP contribution >= 0.6 is 0 Å². The summed E-state index contributed by atoms with van der Waals surface area (Å²) in [5.41, 5.74) is -0.639. The van der Waals surface area contributed by atoms with E-state index in [1.54, 1.807) is 11.9 Å². The van der Waals surface area contributed by atoms with Crippen LogP contribution < -0.4 is 4.72 Å². The van der Waals surface area contributed by atoms with Crippen LogP contribution in [-0.4, -0.2) is 99.1 Å². The molecule has 0 atom stereocenters. The first-order valence-corrected chi connectivity index (χ1v) is 13.0. The molecular formula is C22H37N5O6S. The topological polar surface area (TPSA) is 125 Å². The lowest BCUT2D eigenvalue weighted by atomic mass is 10.2. The third kappa shape index (κ3) is 9.53. The van der Waals surface area contributed by atoms with Gasteiger partial charge in [-0.3, -0.25) is 10.1 Å². The maximum absolute atomic E-state index is 12.3. The van der Waals surface area contributed by atoms with Crippen molar-refractivity contribution in [2.45, 2.75) is 44.1 Å². The minimum absolute atomic E-state index is 0.0176. The van der Waals surface area contributed by atoms with Gasteiger partial charge in [-0.25, -0.2) is 17.9 Å². The van der Waals surface area contributed by atoms with E-state index in [0.29, 0.717) is 19.5 Å². The lowest BCUT2D eigenvalue weighted by Crippen LogP contribution is -2.47. The van der Waals surface area contributed by atoms with Crippen molar-refractivity contribution in [3.8, 4) is 0 Å². The minimum Gasteiger partial charge on any atom is -0.444 e. The fraction of sp³-hybridized carbons (Fsp3) is 0.682. The van der Waals surface area contributed by atoms with E-state index in [0.717, 1.165) is 45.7 Å². The molecule has 192 valence electrons. The molecule has 2 rings (SSSR count). The number of ether oxygens (including phenoxy) is 1. The molecule has 11 nitrogen and oxygen atoms in total. The van der Waals surface area contributed by atoms with E-state index >= 15 is 0 Å². The second-order valence-electron chi connectivity index (χ2n) is 9.44. The molecule has 0 radical (unpaired) electrons. The van der Waals surface area contributed by atoms with Gasteiger partial charge in [-0.2, -0.15) is 0 Å². The summed E-state index contributed by atoms with van der Waals surface area (Å²) in [6, 6.07) is 4.85. The second kappa shape index (κ2) is 12.4. The Labute approximate surface area is 202 Å². The molecule has 1 fully saturated rings. The molecule has 1 amide bonds. The molecule has 12 heteroatoms. The highest BCUT2D eigenvalue weighted by Gasteiger charge is 2.21. The SMILES string of the molecule is CN(CCCN1CCN(CCCNS(=O)(=O)c2ccc([N+](=O)[O-])cc2)CC1)C(=O)OC(C)(C)C. The summed E-state index contributed by atoms with van der Waals surface area (Å²) in [6.45, 7) is 11.9. The Morgan fingerprint density at radius 1 is 1.09 bits per heavy atom. The zero-order chi connectivity index (χ0) is 25.4. The maximum atomic E-state index is 12.3. The highest BCUT2D eigenvalue weighted by atomic mass is 32.2. The first-order chi connectivity index (χ1) is 15.9. The molecule has 1 aliphatic rings. The van der Waals surface area contributed by atoms with Crippen LogP contribution in [0.2, 0.25) is 0 Å². The number of non-ortho nitro benzene ring substituents is 1. The minimum atomic E-state index is -3.68. The number of nitro benzene ring substituents is 1. The van der Waals surface area contributed by atoms with Crippen molar-refractivity contribution in [2.24, 2.45) is 0 Å². The molecule has 0 spiro atoms. The van der Waals surface area contributed by atoms with Gasteiger partial charge in [0.2, 0.25) is 10.0 Å². The van der Waals surface area contributed by atoms with E-state index in [1.165, 1.54) is 24.3 Å². The molecule has 1 saturated heterocycles. The van der Waals surface area contributed by atoms with Crippen molar-refractivity contribution >= 4 is 21.8 Å². The van der Waals surface area contributed by atoms with Gasteiger partial charge < -0.3 is 19.4 Å². The van der Waals surface area contributed by atoms with Crippen LogP contribution in [0.25, 0.3) is 0 Å². The standard InChI is InChI=1S/C22H37N5O6S/c1-22(2,3)33-21(28)24(4)12-6-14-26-17-15-25(16-18-26)13-5-11-23-34(31,32)20-9-7-19(8-10-20)27(29)30/h7-10,23H,5-6,11-18H2,1-4H3. The average Bonchev–Trinajstić information content (AvgIpc) is 2.76. The van der Waals surface area contributed by atoms with Gasteiger partial charge in [0.15, 0.2) is 0 Å². The fourth-order valence-electron chi connectivity index (χ4n) is 3.54. The van der Waals surface area contributed by atoms with E-state index in [9.17, 15) is 23.3 Å². The number of carbonyl (C=O) groups is 1. The largest absolute Gasteiger partial charge is 0.444 e. The third-order valence-corrected chi connectivity index (χ3v) is 6.92. The van der Waals surface area contributed by atoms with Crippen LogP contribution in [-0.2, 0) is 14.8 Å². The zero-order valence-electron chi connectivity index (χ0n) is 20.5. The van der Waals surface area contributed by atoms with Crippen LogP contribution in [0.4, 0.5) is 10.5 Å². The molecule has 1 aliphatic heterocycles. The van der Waals surface area contributed by atoms with Gasteiger partial charge >= 0.3 is 6.09 Å². The number of nitrogens with one attached hydrogen (secondary N) is 1. The van der Waals surface area contributed by atoms with Crippen LogP contribution in [0.3, 0.4) is 0 Å². The number of nitro groups is 1. The fourth-order valence-corrected chi connectivity index (χ4v) is 4.61. The maximum Gasteiger partial charge on any atom is 0.410 e. The van der Waals surface area contributed by atoms with E-state index in [4.69, 9.17) is 4.74 Å². The quantitative estimate of drug-likeness (QED) is 0.279. The van der Waals surface area contributed by atoms with Crippen molar-refractivity contribution in [1.29, 1.82) is 0 Å². The third-order valence-electron chi connectivity index (χ3n) is 5.44. The monoisotopic (exact) mass is 499 g/mol. The molecule has 0 aromatic heterocycles. The molecule has 34 heavy (non-hydrogen) atoms. The van der Waals surface area contributed by atoms with Crippen molar-refractivity contribution in [1.82, 2.24) is 19.4 Å². The van der Waals surface area contributed by atoms with E-state index < -0.39 is 20.5 Å². The summed E-state index contributed by atoms with van der Waals surface area (Å²) in [5.74, 6) is 0. The predicted octanol–water partition coefficient (Wildman–Crippen LogP) is 2.14. The molecular weight excluding hydrogens is 462 g/mol. The van der Waals surface area contributed by atoms with Gasteiger partial charge in [-0.1, -0.05) is 0 Å². The van der Waals surface area contributed by atoms with Gasteiger partial charge in [-0.05, 0) is 58.8 Å². The number of rotatable bonds is 11. The molecule has 0 unspecified atom stereocenters. The van der Waals surface area contributed by atoms with E-state index in [1.807, 2.05) is 20.8 Å². The van der Waals surface area contributed by atoms with Crippen molar-refractivity contribution in [3.05, 3.63) is 34.4 Å². The smallest absolute Gasteiger partial charge is 0.410 e. The normalized spacial score (nSPS) is 15.8. The summed E-state index contributed by atoms with van der Waals surface area (Å²) in [5, 5.41) is 10.7. The van der Waals surface area contributed by atoms with E-state index in [-0.39, 0.29) is 16.7 Å². The number of nitrogens with zero attached hydrogens (tertiary/aromatic N) is 4. The lowest BCUT2D eigenvalue weighted by Gasteiger charge is -2.35. The summed E-state index contributed by atoms with van der Waals surface area (Å²) < 4.78 is 32.6. The highest BCUT2D eigenvalue weighted by molar-refractivity contribution is 7.89. The molecule has 0 aliphatic carbocycles. The highest BCUT2D eigenvalue weighted by Crippen LogP contribution is 2.15. The Morgan fingerprint density at radius 3 is 2.12 bits per heavy atom. The number of hydrogen-bond acceptors (Lipinski definition) is 8. The van der Waals surface area contributed by atoms with Crippen molar-refractivity contribution in [3.63, 3.8) is 0 Å². The second-order valence-corrected chi connectivity index (χ2v) is 11.2. The van der Waals surface area contributed by atoms with E-state index in [2.05, 4.69) is 14.5 Å². The molecule has 0 saturated carbocycles. The van der Waals surface area contributed by atoms with Crippen molar-refractivity contribution < 1.29 is 22.9 Å². The molecule has 1 heterocycles. The van der Waals surface area contributed by atoms with Crippen LogP contribution in [0.15, 0.2) is 29.2 Å². The Hall–Kier alpha value is -2.28. The van der Waals surface area contributed by atoms with Crippen molar-refractivity contribution in [2.75, 3.05) is 59.4 Å². The molecule has 1 aromatic carbocycles. The Bertz CT molecular complexity index is 909. The van der Waals surface area contributed by atoms with Gasteiger partial charge in [-0.15, -0.1) is 0 Å². The molecule has 0 bridgehead atoms. The lowest BCUT2D eigenvalue weighted by molar-refractivity contribution is -0.384. The number of benzene rings is 1. The Balaban J connectivity index is 1.61.